The molecule has 1 atom stereocenters. The lowest BCUT2D eigenvalue weighted by molar-refractivity contribution is 0.540. The van der Waals surface area contributed by atoms with Gasteiger partial charge in [0.1, 0.15) is 0 Å². The summed E-state index contributed by atoms with van der Waals surface area (Å²) in [5.41, 5.74) is 0. The maximum absolute atomic E-state index is 9.53. The summed E-state index contributed by atoms with van der Waals surface area (Å²) in [6, 6.07) is 0. The summed E-state index contributed by atoms with van der Waals surface area (Å²) in [7, 11) is 0. The highest BCUT2D eigenvalue weighted by Crippen LogP contribution is 1.69. The van der Waals surface area contributed by atoms with E-state index < -0.39 is 11.1 Å². The standard InChI is InChI=1S/C3H6O2S.2ClH/c1-2-3-6(4)5;;/h2H,1,3H2,(H,4,5);2*1H/p-1. The minimum Gasteiger partial charge on any atom is -0.772 e. The Morgan fingerprint density at radius 3 is 2.00 bits per heavy atom. The van der Waals surface area contributed by atoms with Gasteiger partial charge in [0.25, 0.3) is 0 Å². The van der Waals surface area contributed by atoms with Crippen molar-refractivity contribution in [3.05, 3.63) is 12.7 Å². The predicted molar refractivity (Wildman–Crippen MR) is 38.5 cm³/mol. The molecule has 0 heterocycles. The molecule has 0 bridgehead atoms. The van der Waals surface area contributed by atoms with E-state index in [9.17, 15) is 8.76 Å². The normalized spacial score (nSPS) is 10.1. The Hall–Kier alpha value is 0.430. The van der Waals surface area contributed by atoms with E-state index in [1.165, 1.54) is 6.08 Å². The van der Waals surface area contributed by atoms with E-state index in [0.717, 1.165) is 0 Å². The SMILES string of the molecule is C=CCS(=O)[O-].Cl.Cl. The zero-order chi connectivity index (χ0) is 4.99. The molecule has 0 aliphatic carbocycles. The molecule has 2 nitrogen and oxygen atoms in total. The molecule has 0 aromatic rings. The molecule has 1 unspecified atom stereocenters. The van der Waals surface area contributed by atoms with Crippen LogP contribution in [0.25, 0.3) is 0 Å². The van der Waals surface area contributed by atoms with Crippen LogP contribution < -0.4 is 0 Å². The van der Waals surface area contributed by atoms with Crippen molar-refractivity contribution in [2.24, 2.45) is 0 Å². The van der Waals surface area contributed by atoms with Gasteiger partial charge in [-0.3, -0.25) is 4.21 Å². The van der Waals surface area contributed by atoms with E-state index in [-0.39, 0.29) is 30.6 Å². The number of halogens is 2. The highest BCUT2D eigenvalue weighted by molar-refractivity contribution is 7.79. The first-order chi connectivity index (χ1) is 2.77. The molecule has 0 saturated heterocycles. The summed E-state index contributed by atoms with van der Waals surface area (Å²) >= 11 is -1.93. The van der Waals surface area contributed by atoms with Crippen molar-refractivity contribution in [2.45, 2.75) is 0 Å². The van der Waals surface area contributed by atoms with Crippen molar-refractivity contribution in [3.8, 4) is 0 Å². The van der Waals surface area contributed by atoms with Gasteiger partial charge in [0, 0.05) is 5.75 Å². The van der Waals surface area contributed by atoms with Crippen molar-refractivity contribution in [1.29, 1.82) is 0 Å². The van der Waals surface area contributed by atoms with Gasteiger partial charge in [0.2, 0.25) is 0 Å². The van der Waals surface area contributed by atoms with Crippen molar-refractivity contribution >= 4 is 35.9 Å². The first kappa shape index (κ1) is 15.8. The van der Waals surface area contributed by atoms with Crippen LogP contribution >= 0.6 is 24.8 Å². The zero-order valence-corrected chi connectivity index (χ0v) is 6.48. The van der Waals surface area contributed by atoms with Crippen LogP contribution in [0.1, 0.15) is 0 Å². The Balaban J connectivity index is -0.000000125. The van der Waals surface area contributed by atoms with Gasteiger partial charge in [0.15, 0.2) is 0 Å². The average molecular weight is 178 g/mol. The van der Waals surface area contributed by atoms with Crippen molar-refractivity contribution in [1.82, 2.24) is 0 Å². The second kappa shape index (κ2) is 10.4. The van der Waals surface area contributed by atoms with Gasteiger partial charge in [-0.1, -0.05) is 17.2 Å². The summed E-state index contributed by atoms with van der Waals surface area (Å²) in [4.78, 5) is 0. The highest BCUT2D eigenvalue weighted by Gasteiger charge is 1.67. The van der Waals surface area contributed by atoms with Crippen molar-refractivity contribution < 1.29 is 8.76 Å². The first-order valence-electron chi connectivity index (χ1n) is 1.44. The van der Waals surface area contributed by atoms with Crippen LogP contribution in [-0.4, -0.2) is 14.5 Å². The lowest BCUT2D eigenvalue weighted by atomic mass is 10.8. The van der Waals surface area contributed by atoms with Gasteiger partial charge in [-0.15, -0.1) is 31.4 Å². The Labute approximate surface area is 63.5 Å². The average Bonchev–Trinajstić information content (AvgIpc) is 1.35. The number of rotatable bonds is 2. The predicted octanol–water partition coefficient (Wildman–Crippen LogP) is 0.895. The summed E-state index contributed by atoms with van der Waals surface area (Å²) in [6.07, 6.45) is 1.34. The molecule has 0 aromatic heterocycles. The molecule has 0 fully saturated rings. The maximum atomic E-state index is 9.53. The molecule has 0 spiro atoms. The van der Waals surface area contributed by atoms with Crippen LogP contribution in [0.4, 0.5) is 0 Å². The monoisotopic (exact) mass is 177 g/mol. The van der Waals surface area contributed by atoms with E-state index >= 15 is 0 Å². The summed E-state index contributed by atoms with van der Waals surface area (Å²) in [6.45, 7) is 3.21. The topological polar surface area (TPSA) is 40.1 Å². The fourth-order valence-electron chi connectivity index (χ4n) is 0.0962. The molecule has 0 rings (SSSR count). The smallest absolute Gasteiger partial charge is 0.0279 e. The highest BCUT2D eigenvalue weighted by atomic mass is 35.5. The second-order valence-electron chi connectivity index (χ2n) is 0.759. The Morgan fingerprint density at radius 2 is 2.00 bits per heavy atom. The second-order valence-corrected chi connectivity index (χ2v) is 1.70. The van der Waals surface area contributed by atoms with Crippen LogP contribution in [-0.2, 0) is 11.1 Å². The van der Waals surface area contributed by atoms with E-state index in [4.69, 9.17) is 0 Å². The summed E-state index contributed by atoms with van der Waals surface area (Å²) < 4.78 is 19.1. The van der Waals surface area contributed by atoms with Crippen LogP contribution in [0.3, 0.4) is 0 Å². The fourth-order valence-corrected chi connectivity index (χ4v) is 0.289. The van der Waals surface area contributed by atoms with E-state index in [2.05, 4.69) is 6.58 Å². The molecule has 5 heteroatoms. The van der Waals surface area contributed by atoms with Crippen LogP contribution in [0.15, 0.2) is 12.7 Å². The summed E-state index contributed by atoms with van der Waals surface area (Å²) in [5.74, 6) is 0.0556. The van der Waals surface area contributed by atoms with E-state index in [1.807, 2.05) is 0 Å². The lowest BCUT2D eigenvalue weighted by Crippen LogP contribution is -1.87. The molecule has 0 aromatic carbocycles. The number of hydrogen-bond acceptors (Lipinski definition) is 2. The molecule has 0 amide bonds. The zero-order valence-electron chi connectivity index (χ0n) is 4.03. The number of hydrogen-bond donors (Lipinski definition) is 0. The molecular formula is C3H7Cl2O2S-. The third-order valence-corrected chi connectivity index (χ3v) is 0.762. The molecule has 0 saturated carbocycles. The first-order valence-corrected chi connectivity index (χ1v) is 2.68. The van der Waals surface area contributed by atoms with Gasteiger partial charge in [0.05, 0.1) is 0 Å². The molecule has 0 aliphatic rings. The van der Waals surface area contributed by atoms with Crippen molar-refractivity contribution in [3.63, 3.8) is 0 Å². The van der Waals surface area contributed by atoms with Gasteiger partial charge in [-0.05, 0) is 0 Å². The minimum absolute atomic E-state index is 0. The molecular weight excluding hydrogens is 171 g/mol. The van der Waals surface area contributed by atoms with Crippen molar-refractivity contribution in [2.75, 3.05) is 5.75 Å². The third-order valence-electron chi connectivity index (χ3n) is 0.254. The molecule has 0 aliphatic heterocycles. The molecule has 0 N–H and O–H groups in total. The van der Waals surface area contributed by atoms with Gasteiger partial charge in [-0.25, -0.2) is 0 Å². The fraction of sp³-hybridized carbons (Fsp3) is 0.333. The third kappa shape index (κ3) is 16.1. The van der Waals surface area contributed by atoms with Crippen LogP contribution in [0, 0.1) is 0 Å². The maximum Gasteiger partial charge on any atom is 0.0279 e. The summed E-state index contributed by atoms with van der Waals surface area (Å²) in [5, 5.41) is 0. The Kier molecular flexibility index (Phi) is 20.6. The Bertz CT molecular complexity index is 75.7. The van der Waals surface area contributed by atoms with Crippen LogP contribution in [0.5, 0.6) is 0 Å². The van der Waals surface area contributed by atoms with Crippen LogP contribution in [0.2, 0.25) is 0 Å². The van der Waals surface area contributed by atoms with E-state index in [0.29, 0.717) is 0 Å². The quantitative estimate of drug-likeness (QED) is 0.465. The Morgan fingerprint density at radius 1 is 1.62 bits per heavy atom. The molecule has 8 heavy (non-hydrogen) atoms. The molecule has 0 radical (unpaired) electrons. The van der Waals surface area contributed by atoms with Gasteiger partial charge >= 0.3 is 0 Å². The van der Waals surface area contributed by atoms with Gasteiger partial charge < -0.3 is 4.55 Å². The van der Waals surface area contributed by atoms with Gasteiger partial charge in [-0.2, -0.15) is 0 Å². The van der Waals surface area contributed by atoms with E-state index in [1.54, 1.807) is 0 Å². The minimum atomic E-state index is -1.93. The largest absolute Gasteiger partial charge is 0.772 e. The lowest BCUT2D eigenvalue weighted by Gasteiger charge is -1.94. The molecule has 52 valence electrons.